The molecule has 1 amide bonds. The van der Waals surface area contributed by atoms with E-state index in [0.717, 1.165) is 3.57 Å². The van der Waals surface area contributed by atoms with Crippen LogP contribution in [-0.4, -0.2) is 24.2 Å². The highest BCUT2D eigenvalue weighted by molar-refractivity contribution is 14.1. The van der Waals surface area contributed by atoms with Gasteiger partial charge in [0.25, 0.3) is 11.6 Å². The fraction of sp³-hybridized carbons (Fsp3) is 0.0526. The van der Waals surface area contributed by atoms with Crippen LogP contribution in [0.5, 0.6) is 5.75 Å². The summed E-state index contributed by atoms with van der Waals surface area (Å²) in [7, 11) is 1.42. The highest BCUT2D eigenvalue weighted by Gasteiger charge is 2.15. The number of nitro groups is 1. The summed E-state index contributed by atoms with van der Waals surface area (Å²) in [6.45, 7) is 0. The Morgan fingerprint density at radius 1 is 1.21 bits per heavy atom. The second kappa shape index (κ2) is 8.65. The van der Waals surface area contributed by atoms with E-state index < -0.39 is 4.92 Å². The topological polar surface area (TPSA) is 107 Å². The Hall–Kier alpha value is -3.21. The van der Waals surface area contributed by atoms with Gasteiger partial charge in [-0.25, -0.2) is 5.43 Å². The number of methoxy groups -OCH3 is 1. The molecule has 0 radical (unpaired) electrons. The number of furan rings is 1. The van der Waals surface area contributed by atoms with Gasteiger partial charge in [0.05, 0.1) is 29.9 Å². The fourth-order valence-electron chi connectivity index (χ4n) is 2.38. The van der Waals surface area contributed by atoms with Crippen molar-refractivity contribution in [1.82, 2.24) is 5.43 Å². The molecule has 28 heavy (non-hydrogen) atoms. The van der Waals surface area contributed by atoms with Gasteiger partial charge in [0.1, 0.15) is 17.3 Å². The van der Waals surface area contributed by atoms with Crippen LogP contribution < -0.4 is 10.2 Å². The maximum Gasteiger partial charge on any atom is 0.273 e. The minimum absolute atomic E-state index is 0.0766. The van der Waals surface area contributed by atoms with E-state index >= 15 is 0 Å². The lowest BCUT2D eigenvalue weighted by molar-refractivity contribution is -0.384. The van der Waals surface area contributed by atoms with Crippen LogP contribution in [0, 0.1) is 13.7 Å². The molecule has 0 unspecified atom stereocenters. The van der Waals surface area contributed by atoms with Gasteiger partial charge in [0.15, 0.2) is 0 Å². The zero-order valence-corrected chi connectivity index (χ0v) is 16.7. The van der Waals surface area contributed by atoms with E-state index in [1.807, 2.05) is 12.1 Å². The SMILES string of the molecule is COc1cc([N+](=O)[O-])ccc1-c1ccc(/C=N\NC(=O)c2ccc(I)cc2)o1. The number of nitrogens with zero attached hydrogens (tertiary/aromatic N) is 2. The Labute approximate surface area is 173 Å². The molecule has 0 fully saturated rings. The van der Waals surface area contributed by atoms with Crippen molar-refractivity contribution in [3.63, 3.8) is 0 Å². The lowest BCUT2D eigenvalue weighted by Crippen LogP contribution is -2.17. The van der Waals surface area contributed by atoms with Gasteiger partial charge in [-0.1, -0.05) is 0 Å². The van der Waals surface area contributed by atoms with Gasteiger partial charge in [0.2, 0.25) is 0 Å². The molecule has 142 valence electrons. The average molecular weight is 491 g/mol. The van der Waals surface area contributed by atoms with E-state index in [4.69, 9.17) is 9.15 Å². The van der Waals surface area contributed by atoms with Gasteiger partial charge < -0.3 is 9.15 Å². The minimum atomic E-state index is -0.497. The van der Waals surface area contributed by atoms with Crippen molar-refractivity contribution in [2.24, 2.45) is 5.10 Å². The molecular formula is C19H14IN3O5. The molecule has 0 bridgehead atoms. The molecule has 9 heteroatoms. The number of nitro benzene ring substituents is 1. The molecule has 0 spiro atoms. The summed E-state index contributed by atoms with van der Waals surface area (Å²) in [4.78, 5) is 22.4. The number of nitrogens with one attached hydrogen (secondary N) is 1. The van der Waals surface area contributed by atoms with Crippen LogP contribution in [0.4, 0.5) is 5.69 Å². The summed E-state index contributed by atoms with van der Waals surface area (Å²) in [5, 5.41) is 14.8. The molecule has 3 rings (SSSR count). The van der Waals surface area contributed by atoms with Crippen LogP contribution in [-0.2, 0) is 0 Å². The van der Waals surface area contributed by atoms with Crippen LogP contribution in [0.25, 0.3) is 11.3 Å². The van der Waals surface area contributed by atoms with Crippen LogP contribution in [0.1, 0.15) is 16.1 Å². The Kier molecular flexibility index (Phi) is 6.04. The van der Waals surface area contributed by atoms with Crippen LogP contribution in [0.2, 0.25) is 0 Å². The van der Waals surface area contributed by atoms with E-state index in [2.05, 4.69) is 33.1 Å². The van der Waals surface area contributed by atoms with Crippen molar-refractivity contribution < 1.29 is 18.9 Å². The minimum Gasteiger partial charge on any atom is -0.496 e. The molecule has 1 heterocycles. The zero-order chi connectivity index (χ0) is 20.1. The summed E-state index contributed by atoms with van der Waals surface area (Å²) in [6.07, 6.45) is 1.37. The number of non-ortho nitro benzene ring substituents is 1. The number of carbonyl (C=O) groups excluding carboxylic acids is 1. The smallest absolute Gasteiger partial charge is 0.273 e. The standard InChI is InChI=1S/C19H14IN3O5/c1-27-18-10-14(23(25)26)6-8-16(18)17-9-7-15(28-17)11-21-22-19(24)12-2-4-13(20)5-3-12/h2-11H,1H3,(H,22,24)/b21-11-. The fourth-order valence-corrected chi connectivity index (χ4v) is 2.74. The second-order valence-electron chi connectivity index (χ2n) is 5.55. The van der Waals surface area contributed by atoms with Crippen LogP contribution in [0.15, 0.2) is 64.1 Å². The van der Waals surface area contributed by atoms with Gasteiger partial charge in [-0.05, 0) is 65.1 Å². The number of ether oxygens (including phenoxy) is 1. The first-order valence-electron chi connectivity index (χ1n) is 7.99. The number of carbonyl (C=O) groups is 1. The normalized spacial score (nSPS) is 10.8. The predicted molar refractivity (Wildman–Crippen MR) is 112 cm³/mol. The zero-order valence-electron chi connectivity index (χ0n) is 14.6. The summed E-state index contributed by atoms with van der Waals surface area (Å²) in [6, 6.07) is 14.7. The summed E-state index contributed by atoms with van der Waals surface area (Å²) >= 11 is 2.16. The third-order valence-corrected chi connectivity index (χ3v) is 4.47. The highest BCUT2D eigenvalue weighted by Crippen LogP contribution is 2.33. The maximum absolute atomic E-state index is 12.0. The first-order valence-corrected chi connectivity index (χ1v) is 9.07. The monoisotopic (exact) mass is 491 g/mol. The molecule has 1 N–H and O–H groups in total. The second-order valence-corrected chi connectivity index (χ2v) is 6.80. The Balaban J connectivity index is 1.72. The molecule has 0 atom stereocenters. The quantitative estimate of drug-likeness (QED) is 0.240. The molecule has 0 saturated carbocycles. The molecule has 8 nitrogen and oxygen atoms in total. The number of rotatable bonds is 6. The molecule has 0 saturated heterocycles. The van der Waals surface area contributed by atoms with Crippen LogP contribution in [0.3, 0.4) is 0 Å². The number of halogens is 1. The molecule has 3 aromatic rings. The Morgan fingerprint density at radius 2 is 1.96 bits per heavy atom. The van der Waals surface area contributed by atoms with Crippen molar-refractivity contribution in [3.05, 3.63) is 79.6 Å². The van der Waals surface area contributed by atoms with Crippen molar-refractivity contribution in [2.75, 3.05) is 7.11 Å². The molecule has 0 aliphatic heterocycles. The third kappa shape index (κ3) is 4.55. The largest absolute Gasteiger partial charge is 0.496 e. The van der Waals surface area contributed by atoms with E-state index in [0.29, 0.717) is 28.4 Å². The van der Waals surface area contributed by atoms with Gasteiger partial charge in [-0.3, -0.25) is 14.9 Å². The van der Waals surface area contributed by atoms with Gasteiger partial charge in [-0.2, -0.15) is 5.10 Å². The summed E-state index contributed by atoms with van der Waals surface area (Å²) < 4.78 is 11.9. The van der Waals surface area contributed by atoms with Gasteiger partial charge >= 0.3 is 0 Å². The Morgan fingerprint density at radius 3 is 2.64 bits per heavy atom. The lowest BCUT2D eigenvalue weighted by Gasteiger charge is -2.05. The average Bonchev–Trinajstić information content (AvgIpc) is 3.16. The van der Waals surface area contributed by atoms with Gasteiger partial charge in [0, 0.05) is 15.2 Å². The number of hydrazone groups is 1. The van der Waals surface area contributed by atoms with E-state index in [1.54, 1.807) is 30.3 Å². The van der Waals surface area contributed by atoms with Crippen molar-refractivity contribution in [1.29, 1.82) is 0 Å². The van der Waals surface area contributed by atoms with E-state index in [-0.39, 0.29) is 11.6 Å². The first-order chi connectivity index (χ1) is 13.5. The van der Waals surface area contributed by atoms with E-state index in [9.17, 15) is 14.9 Å². The highest BCUT2D eigenvalue weighted by atomic mass is 127. The third-order valence-electron chi connectivity index (χ3n) is 3.75. The number of hydrogen-bond donors (Lipinski definition) is 1. The lowest BCUT2D eigenvalue weighted by atomic mass is 10.1. The van der Waals surface area contributed by atoms with Crippen molar-refractivity contribution >= 4 is 40.4 Å². The Bertz CT molecular complexity index is 1040. The number of amides is 1. The maximum atomic E-state index is 12.0. The molecule has 2 aromatic carbocycles. The predicted octanol–water partition coefficient (Wildman–Crippen LogP) is 4.23. The first kappa shape index (κ1) is 19.5. The van der Waals surface area contributed by atoms with E-state index in [1.165, 1.54) is 25.5 Å². The molecule has 1 aromatic heterocycles. The summed E-state index contributed by atoms with van der Waals surface area (Å²) in [5.74, 6) is 0.839. The molecular weight excluding hydrogens is 477 g/mol. The summed E-state index contributed by atoms with van der Waals surface area (Å²) in [5.41, 5.74) is 3.41. The molecule has 0 aliphatic rings. The number of benzene rings is 2. The van der Waals surface area contributed by atoms with Crippen molar-refractivity contribution in [3.8, 4) is 17.1 Å². The number of hydrogen-bond acceptors (Lipinski definition) is 6. The van der Waals surface area contributed by atoms with Gasteiger partial charge in [-0.15, -0.1) is 0 Å². The molecule has 0 aliphatic carbocycles. The van der Waals surface area contributed by atoms with Crippen molar-refractivity contribution in [2.45, 2.75) is 0 Å². The van der Waals surface area contributed by atoms with Crippen LogP contribution >= 0.6 is 22.6 Å².